The highest BCUT2D eigenvalue weighted by Crippen LogP contribution is 2.26. The number of amides is 1. The molecular weight excluding hydrogens is 400 g/mol. The van der Waals surface area contributed by atoms with Crippen LogP contribution in [0.1, 0.15) is 38.2 Å². The number of methoxy groups -OCH3 is 1. The standard InChI is InChI=1S/C23H28N2O4S/c1-17-7-3-4-8-20(17)24-23(26)16-13-18-11-14-19(15-12-18)30(27,28)25-21-9-5-6-10-22(21)29-2/h5-6,9-17,20,25H,3-4,7-8H2,1-2H3,(H,24,26)/b16-13+. The van der Waals surface area contributed by atoms with Gasteiger partial charge in [-0.1, -0.05) is 44.0 Å². The monoisotopic (exact) mass is 428 g/mol. The summed E-state index contributed by atoms with van der Waals surface area (Å²) >= 11 is 0. The second-order valence-corrected chi connectivity index (χ2v) is 9.27. The summed E-state index contributed by atoms with van der Waals surface area (Å²) < 4.78 is 33.0. The number of rotatable bonds is 7. The average Bonchev–Trinajstić information content (AvgIpc) is 2.74. The molecule has 1 amide bonds. The molecule has 0 spiro atoms. The summed E-state index contributed by atoms with van der Waals surface area (Å²) in [5, 5.41) is 3.07. The average molecular weight is 429 g/mol. The summed E-state index contributed by atoms with van der Waals surface area (Å²) in [4.78, 5) is 12.3. The van der Waals surface area contributed by atoms with E-state index in [1.165, 1.54) is 31.7 Å². The molecule has 0 heterocycles. The topological polar surface area (TPSA) is 84.5 Å². The molecule has 0 radical (unpaired) electrons. The normalized spacial score (nSPS) is 19.4. The van der Waals surface area contributed by atoms with Crippen LogP contribution >= 0.6 is 0 Å². The van der Waals surface area contributed by atoms with E-state index >= 15 is 0 Å². The third-order valence-corrected chi connectivity index (χ3v) is 6.79. The van der Waals surface area contributed by atoms with Crippen molar-refractivity contribution in [2.24, 2.45) is 5.92 Å². The minimum Gasteiger partial charge on any atom is -0.495 e. The Labute approximate surface area is 178 Å². The Balaban J connectivity index is 1.63. The van der Waals surface area contributed by atoms with Crippen molar-refractivity contribution in [3.63, 3.8) is 0 Å². The zero-order valence-corrected chi connectivity index (χ0v) is 18.1. The molecule has 3 rings (SSSR count). The molecular formula is C23H28N2O4S. The Morgan fingerprint density at radius 3 is 2.47 bits per heavy atom. The minimum absolute atomic E-state index is 0.122. The maximum Gasteiger partial charge on any atom is 0.262 e. The summed E-state index contributed by atoms with van der Waals surface area (Å²) in [6.07, 6.45) is 7.73. The van der Waals surface area contributed by atoms with Gasteiger partial charge in [-0.2, -0.15) is 0 Å². The number of carbonyl (C=O) groups is 1. The maximum atomic E-state index is 12.7. The third kappa shape index (κ3) is 5.63. The highest BCUT2D eigenvalue weighted by molar-refractivity contribution is 7.92. The molecule has 0 bridgehead atoms. The quantitative estimate of drug-likeness (QED) is 0.647. The predicted molar refractivity (Wildman–Crippen MR) is 119 cm³/mol. The van der Waals surface area contributed by atoms with Crippen LogP contribution < -0.4 is 14.8 Å². The lowest BCUT2D eigenvalue weighted by Crippen LogP contribution is -2.40. The van der Waals surface area contributed by atoms with Crippen molar-refractivity contribution in [1.29, 1.82) is 0 Å². The molecule has 0 aromatic heterocycles. The van der Waals surface area contributed by atoms with Gasteiger partial charge in [-0.05, 0) is 54.7 Å². The number of benzene rings is 2. The van der Waals surface area contributed by atoms with Gasteiger partial charge in [0.15, 0.2) is 0 Å². The SMILES string of the molecule is COc1ccccc1NS(=O)(=O)c1ccc(/C=C/C(=O)NC2CCCCC2C)cc1. The van der Waals surface area contributed by atoms with Gasteiger partial charge in [0.1, 0.15) is 5.75 Å². The number of hydrogen-bond donors (Lipinski definition) is 2. The van der Waals surface area contributed by atoms with E-state index in [0.29, 0.717) is 17.4 Å². The van der Waals surface area contributed by atoms with Crippen LogP contribution in [0.15, 0.2) is 59.5 Å². The molecule has 0 aliphatic heterocycles. The largest absolute Gasteiger partial charge is 0.495 e. The lowest BCUT2D eigenvalue weighted by Gasteiger charge is -2.29. The van der Waals surface area contributed by atoms with Crippen molar-refractivity contribution < 1.29 is 17.9 Å². The van der Waals surface area contributed by atoms with Crippen LogP contribution in [-0.4, -0.2) is 27.5 Å². The molecule has 2 unspecified atom stereocenters. The molecule has 2 aromatic rings. The van der Waals surface area contributed by atoms with Gasteiger partial charge in [0.05, 0.1) is 17.7 Å². The fourth-order valence-electron chi connectivity index (χ4n) is 3.62. The minimum atomic E-state index is -3.75. The van der Waals surface area contributed by atoms with Crippen LogP contribution in [-0.2, 0) is 14.8 Å². The van der Waals surface area contributed by atoms with Crippen LogP contribution in [0.5, 0.6) is 5.75 Å². The van der Waals surface area contributed by atoms with Gasteiger partial charge in [0.25, 0.3) is 10.0 Å². The first-order valence-corrected chi connectivity index (χ1v) is 11.6. The molecule has 1 saturated carbocycles. The van der Waals surface area contributed by atoms with Crippen molar-refractivity contribution in [3.8, 4) is 5.75 Å². The first-order chi connectivity index (χ1) is 14.4. The van der Waals surface area contributed by atoms with Crippen molar-refractivity contribution in [3.05, 3.63) is 60.2 Å². The summed E-state index contributed by atoms with van der Waals surface area (Å²) in [7, 11) is -2.27. The first kappa shape index (κ1) is 21.9. The van der Waals surface area contributed by atoms with Crippen LogP contribution in [0.25, 0.3) is 6.08 Å². The number of sulfonamides is 1. The number of ether oxygens (including phenoxy) is 1. The third-order valence-electron chi connectivity index (χ3n) is 5.41. The Morgan fingerprint density at radius 2 is 1.77 bits per heavy atom. The van der Waals surface area contributed by atoms with E-state index in [-0.39, 0.29) is 16.8 Å². The molecule has 0 saturated heterocycles. The molecule has 160 valence electrons. The summed E-state index contributed by atoms with van der Waals surface area (Å²) in [5.74, 6) is 0.818. The van der Waals surface area contributed by atoms with Gasteiger partial charge in [-0.3, -0.25) is 9.52 Å². The van der Waals surface area contributed by atoms with E-state index < -0.39 is 10.0 Å². The van der Waals surface area contributed by atoms with E-state index in [9.17, 15) is 13.2 Å². The maximum absolute atomic E-state index is 12.7. The van der Waals surface area contributed by atoms with E-state index in [4.69, 9.17) is 4.74 Å². The molecule has 1 aliphatic carbocycles. The van der Waals surface area contributed by atoms with Crippen molar-refractivity contribution >= 4 is 27.7 Å². The van der Waals surface area contributed by atoms with Gasteiger partial charge in [-0.25, -0.2) is 8.42 Å². The molecule has 2 aromatic carbocycles. The van der Waals surface area contributed by atoms with Gasteiger partial charge >= 0.3 is 0 Å². The van der Waals surface area contributed by atoms with Crippen molar-refractivity contribution in [2.75, 3.05) is 11.8 Å². The van der Waals surface area contributed by atoms with Crippen molar-refractivity contribution in [1.82, 2.24) is 5.32 Å². The number of carbonyl (C=O) groups excluding carboxylic acids is 1. The second-order valence-electron chi connectivity index (χ2n) is 7.58. The molecule has 1 fully saturated rings. The number of hydrogen-bond acceptors (Lipinski definition) is 4. The Morgan fingerprint density at radius 1 is 1.07 bits per heavy atom. The summed E-state index contributed by atoms with van der Waals surface area (Å²) in [6.45, 7) is 2.17. The first-order valence-electron chi connectivity index (χ1n) is 10.1. The van der Waals surface area contributed by atoms with Crippen LogP contribution in [0.4, 0.5) is 5.69 Å². The zero-order valence-electron chi connectivity index (χ0n) is 17.3. The predicted octanol–water partition coefficient (Wildman–Crippen LogP) is 4.20. The van der Waals surface area contributed by atoms with Gasteiger partial charge in [0, 0.05) is 12.1 Å². The fraction of sp³-hybridized carbons (Fsp3) is 0.348. The van der Waals surface area contributed by atoms with Gasteiger partial charge in [-0.15, -0.1) is 0 Å². The van der Waals surface area contributed by atoms with Crippen LogP contribution in [0.3, 0.4) is 0 Å². The molecule has 2 atom stereocenters. The second kappa shape index (κ2) is 9.80. The van der Waals surface area contributed by atoms with Gasteiger partial charge < -0.3 is 10.1 Å². The molecule has 1 aliphatic rings. The van der Waals surface area contributed by atoms with Crippen molar-refractivity contribution in [2.45, 2.75) is 43.5 Å². The molecule has 6 nitrogen and oxygen atoms in total. The number of anilines is 1. The number of nitrogens with one attached hydrogen (secondary N) is 2. The lowest BCUT2D eigenvalue weighted by molar-refractivity contribution is -0.117. The summed E-state index contributed by atoms with van der Waals surface area (Å²) in [5.41, 5.74) is 1.12. The molecule has 7 heteroatoms. The van der Waals surface area contributed by atoms with Gasteiger partial charge in [0.2, 0.25) is 5.91 Å². The Bertz CT molecular complexity index is 1000. The highest BCUT2D eigenvalue weighted by Gasteiger charge is 2.22. The summed E-state index contributed by atoms with van der Waals surface area (Å²) in [6, 6.07) is 13.4. The van der Waals surface area contributed by atoms with E-state index in [0.717, 1.165) is 24.8 Å². The van der Waals surface area contributed by atoms with E-state index in [1.54, 1.807) is 42.5 Å². The highest BCUT2D eigenvalue weighted by atomic mass is 32.2. The fourth-order valence-corrected chi connectivity index (χ4v) is 4.69. The molecule has 2 N–H and O–H groups in total. The van der Waals surface area contributed by atoms with Crippen LogP contribution in [0, 0.1) is 5.92 Å². The smallest absolute Gasteiger partial charge is 0.262 e. The van der Waals surface area contributed by atoms with Crippen LogP contribution in [0.2, 0.25) is 0 Å². The zero-order chi connectivity index (χ0) is 21.6. The number of para-hydroxylation sites is 2. The Hall–Kier alpha value is -2.80. The molecule has 30 heavy (non-hydrogen) atoms. The lowest BCUT2D eigenvalue weighted by atomic mass is 9.86. The Kier molecular flexibility index (Phi) is 7.15. The van der Waals surface area contributed by atoms with E-state index in [1.807, 2.05) is 0 Å². The van der Waals surface area contributed by atoms with E-state index in [2.05, 4.69) is 17.0 Å².